The Morgan fingerprint density at radius 2 is 1.56 bits per heavy atom. The first-order valence-corrected chi connectivity index (χ1v) is 14.9. The zero-order valence-electron chi connectivity index (χ0n) is 22.2. The molecule has 202 valence electrons. The zero-order chi connectivity index (χ0) is 26.9. The molecule has 4 aromatic rings. The molecule has 6 nitrogen and oxygen atoms in total. The molecule has 1 atom stereocenters. The van der Waals surface area contributed by atoms with Crippen LogP contribution in [0.1, 0.15) is 72.7 Å². The molecule has 1 aromatic heterocycles. The first-order valence-electron chi connectivity index (χ1n) is 14.0. The van der Waals surface area contributed by atoms with Gasteiger partial charge in [-0.15, -0.1) is 11.8 Å². The Hall–Kier alpha value is -3.58. The lowest BCUT2D eigenvalue weighted by Crippen LogP contribution is -2.36. The van der Waals surface area contributed by atoms with Crippen LogP contribution in [0.25, 0.3) is 11.0 Å². The molecule has 1 aliphatic rings. The van der Waals surface area contributed by atoms with Gasteiger partial charge in [-0.2, -0.15) is 0 Å². The number of benzene rings is 3. The van der Waals surface area contributed by atoms with E-state index in [0.29, 0.717) is 12.0 Å². The Bertz CT molecular complexity index is 1350. The van der Waals surface area contributed by atoms with Gasteiger partial charge < -0.3 is 15.6 Å². The Balaban J connectivity index is 1.28. The fourth-order valence-electron chi connectivity index (χ4n) is 5.23. The quantitative estimate of drug-likeness (QED) is 0.209. The Morgan fingerprint density at radius 3 is 2.36 bits per heavy atom. The number of aromatic amines is 1. The number of imidazole rings is 1. The van der Waals surface area contributed by atoms with E-state index in [9.17, 15) is 9.59 Å². The van der Waals surface area contributed by atoms with Crippen molar-refractivity contribution in [2.75, 3.05) is 5.75 Å². The van der Waals surface area contributed by atoms with Crippen molar-refractivity contribution < 1.29 is 9.59 Å². The van der Waals surface area contributed by atoms with Gasteiger partial charge in [0, 0.05) is 10.9 Å². The van der Waals surface area contributed by atoms with Crippen molar-refractivity contribution in [3.63, 3.8) is 0 Å². The van der Waals surface area contributed by atoms with Crippen LogP contribution in [0.15, 0.2) is 83.8 Å². The average molecular weight is 541 g/mol. The number of H-pyrrole nitrogens is 1. The Kier molecular flexibility index (Phi) is 9.33. The highest BCUT2D eigenvalue weighted by Crippen LogP contribution is 2.25. The van der Waals surface area contributed by atoms with Crippen LogP contribution in [0, 0.1) is 0 Å². The van der Waals surface area contributed by atoms with E-state index in [1.165, 1.54) is 43.9 Å². The second-order valence-electron chi connectivity index (χ2n) is 10.2. The fraction of sp³-hybridized carbons (Fsp3) is 0.344. The number of aromatic nitrogens is 2. The molecule has 2 amide bonds. The molecule has 0 unspecified atom stereocenters. The molecule has 0 bridgehead atoms. The number of carbonyl (C=O) groups excluding carboxylic acids is 2. The molecule has 7 heteroatoms. The Labute approximate surface area is 234 Å². The molecular formula is C32H36N4O2S. The van der Waals surface area contributed by atoms with Crippen molar-refractivity contribution in [1.82, 2.24) is 20.6 Å². The van der Waals surface area contributed by atoms with Crippen molar-refractivity contribution in [1.29, 1.82) is 0 Å². The highest BCUT2D eigenvalue weighted by Gasteiger charge is 2.22. The minimum atomic E-state index is -0.340. The molecule has 3 aromatic carbocycles. The van der Waals surface area contributed by atoms with Gasteiger partial charge >= 0.3 is 0 Å². The lowest BCUT2D eigenvalue weighted by molar-refractivity contribution is -0.119. The van der Waals surface area contributed by atoms with Gasteiger partial charge in [-0.05, 0) is 49.1 Å². The van der Waals surface area contributed by atoms with E-state index in [2.05, 4.69) is 27.8 Å². The third-order valence-corrected chi connectivity index (χ3v) is 8.36. The molecule has 0 radical (unpaired) electrons. The third-order valence-electron chi connectivity index (χ3n) is 7.29. The first-order chi connectivity index (χ1) is 19.2. The van der Waals surface area contributed by atoms with Crippen LogP contribution >= 0.6 is 11.8 Å². The van der Waals surface area contributed by atoms with E-state index in [1.54, 1.807) is 0 Å². The summed E-state index contributed by atoms with van der Waals surface area (Å²) in [5.41, 5.74) is 3.48. The minimum Gasteiger partial charge on any atom is -0.353 e. The smallest absolute Gasteiger partial charge is 0.253 e. The summed E-state index contributed by atoms with van der Waals surface area (Å²) >= 11 is 1.42. The molecule has 0 saturated heterocycles. The van der Waals surface area contributed by atoms with Gasteiger partial charge in [-0.3, -0.25) is 9.59 Å². The fourth-order valence-corrected chi connectivity index (χ4v) is 6.09. The predicted molar refractivity (Wildman–Crippen MR) is 158 cm³/mol. The van der Waals surface area contributed by atoms with Crippen molar-refractivity contribution in [2.24, 2.45) is 0 Å². The van der Waals surface area contributed by atoms with E-state index in [4.69, 9.17) is 4.98 Å². The van der Waals surface area contributed by atoms with Gasteiger partial charge in [0.05, 0.1) is 28.4 Å². The standard InChI is InChI=1S/C32H36N4O2S/c37-30(33-24-15-7-2-1-3-8-16-24)22-39-29-20-12-9-17-25(29)32(38)36-28(21-23-13-5-4-6-14-23)31-34-26-18-10-11-19-27(26)35-31/h4-6,9-14,17-20,24,28H,1-3,7-8,15-16,21-22H2,(H,33,37)(H,34,35)(H,36,38)/t28-/m0/s1. The van der Waals surface area contributed by atoms with Crippen LogP contribution in [0.2, 0.25) is 0 Å². The van der Waals surface area contributed by atoms with Crippen LogP contribution in [0.4, 0.5) is 0 Å². The van der Waals surface area contributed by atoms with Crippen LogP contribution < -0.4 is 10.6 Å². The largest absolute Gasteiger partial charge is 0.353 e. The Morgan fingerprint density at radius 1 is 0.872 bits per heavy atom. The number of amides is 2. The van der Waals surface area contributed by atoms with E-state index < -0.39 is 0 Å². The lowest BCUT2D eigenvalue weighted by Gasteiger charge is -2.21. The number of hydrogen-bond acceptors (Lipinski definition) is 4. The van der Waals surface area contributed by atoms with Crippen molar-refractivity contribution in [3.05, 3.63) is 95.8 Å². The zero-order valence-corrected chi connectivity index (χ0v) is 23.0. The second kappa shape index (κ2) is 13.5. The summed E-state index contributed by atoms with van der Waals surface area (Å²) in [6, 6.07) is 25.4. The van der Waals surface area contributed by atoms with Gasteiger partial charge in [0.2, 0.25) is 5.91 Å². The maximum Gasteiger partial charge on any atom is 0.253 e. The summed E-state index contributed by atoms with van der Waals surface area (Å²) in [7, 11) is 0. The summed E-state index contributed by atoms with van der Waals surface area (Å²) in [6.07, 6.45) is 8.88. The number of nitrogens with zero attached hydrogens (tertiary/aromatic N) is 1. The van der Waals surface area contributed by atoms with Gasteiger partial charge in [0.25, 0.3) is 5.91 Å². The van der Waals surface area contributed by atoms with E-state index in [-0.39, 0.29) is 29.7 Å². The minimum absolute atomic E-state index is 0.0324. The first kappa shape index (κ1) is 27.0. The van der Waals surface area contributed by atoms with Gasteiger partial charge in [0.15, 0.2) is 0 Å². The normalized spacial score (nSPS) is 15.3. The molecule has 1 aliphatic carbocycles. The van der Waals surface area contributed by atoms with Gasteiger partial charge in [0.1, 0.15) is 5.82 Å². The highest BCUT2D eigenvalue weighted by molar-refractivity contribution is 8.00. The molecule has 0 spiro atoms. The topological polar surface area (TPSA) is 86.9 Å². The maximum atomic E-state index is 13.6. The van der Waals surface area contributed by atoms with Crippen LogP contribution in [0.5, 0.6) is 0 Å². The van der Waals surface area contributed by atoms with E-state index in [0.717, 1.165) is 40.2 Å². The molecule has 1 saturated carbocycles. The van der Waals surface area contributed by atoms with Crippen molar-refractivity contribution in [3.8, 4) is 0 Å². The van der Waals surface area contributed by atoms with Crippen LogP contribution in [-0.4, -0.2) is 33.6 Å². The third kappa shape index (κ3) is 7.51. The molecule has 3 N–H and O–H groups in total. The molecule has 1 heterocycles. The van der Waals surface area contributed by atoms with Gasteiger partial charge in [-0.1, -0.05) is 86.7 Å². The van der Waals surface area contributed by atoms with Gasteiger partial charge in [-0.25, -0.2) is 4.98 Å². The van der Waals surface area contributed by atoms with Crippen molar-refractivity contribution in [2.45, 2.75) is 68.3 Å². The number of hydrogen-bond donors (Lipinski definition) is 3. The predicted octanol–water partition coefficient (Wildman–Crippen LogP) is 6.60. The summed E-state index contributed by atoms with van der Waals surface area (Å²) in [6.45, 7) is 0. The number of thioether (sulfide) groups is 1. The number of nitrogens with one attached hydrogen (secondary N) is 3. The summed E-state index contributed by atoms with van der Waals surface area (Å²) in [5, 5.41) is 6.45. The second-order valence-corrected chi connectivity index (χ2v) is 11.3. The SMILES string of the molecule is O=C(CSc1ccccc1C(=O)N[C@@H](Cc1ccccc1)c1nc2ccccc2[nH]1)NC1CCCCCCC1. The molecule has 1 fully saturated rings. The molecular weight excluding hydrogens is 504 g/mol. The number of para-hydroxylation sites is 2. The van der Waals surface area contributed by atoms with E-state index in [1.807, 2.05) is 66.7 Å². The molecule has 5 rings (SSSR count). The number of fused-ring (bicyclic) bond motifs is 1. The molecule has 0 aliphatic heterocycles. The average Bonchev–Trinajstić information content (AvgIpc) is 3.38. The van der Waals surface area contributed by atoms with Crippen LogP contribution in [-0.2, 0) is 11.2 Å². The summed E-state index contributed by atoms with van der Waals surface area (Å²) < 4.78 is 0. The monoisotopic (exact) mass is 540 g/mol. The number of carbonyl (C=O) groups is 2. The number of rotatable bonds is 9. The highest BCUT2D eigenvalue weighted by atomic mass is 32.2. The van der Waals surface area contributed by atoms with Crippen LogP contribution in [0.3, 0.4) is 0 Å². The van der Waals surface area contributed by atoms with E-state index >= 15 is 0 Å². The van der Waals surface area contributed by atoms with Crippen molar-refractivity contribution >= 4 is 34.6 Å². The summed E-state index contributed by atoms with van der Waals surface area (Å²) in [5.74, 6) is 0.861. The maximum absolute atomic E-state index is 13.6. The molecule has 39 heavy (non-hydrogen) atoms. The summed E-state index contributed by atoms with van der Waals surface area (Å²) in [4.78, 5) is 35.4. The lowest BCUT2D eigenvalue weighted by atomic mass is 9.97.